The molecule has 0 aromatic heterocycles. The Morgan fingerprint density at radius 3 is 2.57 bits per heavy atom. The number of halogens is 1. The van der Waals surface area contributed by atoms with Crippen LogP contribution in [0.5, 0.6) is 5.75 Å². The minimum atomic E-state index is -0.519. The van der Waals surface area contributed by atoms with Crippen molar-refractivity contribution in [3.63, 3.8) is 0 Å². The summed E-state index contributed by atoms with van der Waals surface area (Å²) in [6.07, 6.45) is 0. The summed E-state index contributed by atoms with van der Waals surface area (Å²) in [5.74, 6) is 0.448. The zero-order valence-electron chi connectivity index (χ0n) is 12.4. The second kappa shape index (κ2) is 7.60. The number of carbonyl (C=O) groups is 1. The van der Waals surface area contributed by atoms with E-state index in [0.717, 1.165) is 0 Å². The highest BCUT2D eigenvalue weighted by Gasteiger charge is 2.15. The highest BCUT2D eigenvalue weighted by Crippen LogP contribution is 2.25. The minimum Gasteiger partial charge on any atom is -0.492 e. The van der Waals surface area contributed by atoms with Crippen LogP contribution in [0.4, 0.5) is 11.4 Å². The normalized spacial score (nSPS) is 10.2. The molecule has 2 rings (SSSR count). The average molecular weight is 335 g/mol. The quantitative estimate of drug-likeness (QED) is 0.359. The van der Waals surface area contributed by atoms with Crippen molar-refractivity contribution in [2.45, 2.75) is 6.92 Å². The first-order valence-corrected chi connectivity index (χ1v) is 7.27. The van der Waals surface area contributed by atoms with E-state index in [-0.39, 0.29) is 11.5 Å². The van der Waals surface area contributed by atoms with Crippen molar-refractivity contribution < 1.29 is 14.5 Å². The van der Waals surface area contributed by atoms with E-state index in [1.165, 1.54) is 19.1 Å². The SMILES string of the molecule is CC(=O)c1ccc(NCCOc2ccc(Cl)cc2)c([N+](=O)[O-])c1. The number of benzene rings is 2. The summed E-state index contributed by atoms with van der Waals surface area (Å²) >= 11 is 5.78. The molecule has 120 valence electrons. The van der Waals surface area contributed by atoms with Crippen LogP contribution in [0.2, 0.25) is 5.02 Å². The summed E-state index contributed by atoms with van der Waals surface area (Å²) in [6.45, 7) is 2.07. The molecule has 1 N–H and O–H groups in total. The van der Waals surface area contributed by atoms with E-state index in [1.807, 2.05) is 0 Å². The van der Waals surface area contributed by atoms with Gasteiger partial charge in [0.1, 0.15) is 18.0 Å². The number of carbonyl (C=O) groups excluding carboxylic acids is 1. The van der Waals surface area contributed by atoms with Gasteiger partial charge in [0, 0.05) is 23.2 Å². The monoisotopic (exact) mass is 334 g/mol. The first-order valence-electron chi connectivity index (χ1n) is 6.89. The van der Waals surface area contributed by atoms with E-state index < -0.39 is 4.92 Å². The van der Waals surface area contributed by atoms with Crippen LogP contribution in [-0.2, 0) is 0 Å². The molecule has 0 amide bonds. The molecule has 0 heterocycles. The van der Waals surface area contributed by atoms with Crippen LogP contribution >= 0.6 is 11.6 Å². The standard InChI is InChI=1S/C16H15ClN2O4/c1-11(20)12-2-7-15(16(10-12)19(21)22)18-8-9-23-14-5-3-13(17)4-6-14/h2-7,10,18H,8-9H2,1H3. The fourth-order valence-electron chi connectivity index (χ4n) is 1.94. The Labute approximate surface area is 138 Å². The zero-order valence-corrected chi connectivity index (χ0v) is 13.2. The van der Waals surface area contributed by atoms with Gasteiger partial charge in [0.25, 0.3) is 5.69 Å². The van der Waals surface area contributed by atoms with Gasteiger partial charge in [-0.3, -0.25) is 14.9 Å². The number of nitro groups is 1. The Morgan fingerprint density at radius 1 is 1.26 bits per heavy atom. The number of rotatable bonds is 7. The number of hydrogen-bond acceptors (Lipinski definition) is 5. The van der Waals surface area contributed by atoms with Crippen molar-refractivity contribution in [3.8, 4) is 5.75 Å². The fourth-order valence-corrected chi connectivity index (χ4v) is 2.06. The van der Waals surface area contributed by atoms with E-state index >= 15 is 0 Å². The molecule has 2 aromatic carbocycles. The molecule has 0 fully saturated rings. The maximum absolute atomic E-state index is 11.3. The van der Waals surface area contributed by atoms with Crippen molar-refractivity contribution in [1.29, 1.82) is 0 Å². The molecule has 0 spiro atoms. The molecule has 0 saturated carbocycles. The van der Waals surface area contributed by atoms with Gasteiger partial charge in [-0.25, -0.2) is 0 Å². The zero-order chi connectivity index (χ0) is 16.8. The Morgan fingerprint density at radius 2 is 1.96 bits per heavy atom. The van der Waals surface area contributed by atoms with E-state index in [9.17, 15) is 14.9 Å². The summed E-state index contributed by atoms with van der Waals surface area (Å²) in [6, 6.07) is 11.3. The molecule has 0 radical (unpaired) electrons. The van der Waals surface area contributed by atoms with Crippen molar-refractivity contribution in [1.82, 2.24) is 0 Å². The van der Waals surface area contributed by atoms with E-state index in [1.54, 1.807) is 30.3 Å². The number of nitrogens with zero attached hydrogens (tertiary/aromatic N) is 1. The summed E-state index contributed by atoms with van der Waals surface area (Å²) in [4.78, 5) is 21.9. The van der Waals surface area contributed by atoms with Gasteiger partial charge in [-0.2, -0.15) is 0 Å². The van der Waals surface area contributed by atoms with Crippen LogP contribution in [-0.4, -0.2) is 23.9 Å². The van der Waals surface area contributed by atoms with E-state index in [2.05, 4.69) is 5.32 Å². The van der Waals surface area contributed by atoms with Gasteiger partial charge in [-0.15, -0.1) is 0 Å². The van der Waals surface area contributed by atoms with Crippen LogP contribution in [0.3, 0.4) is 0 Å². The molecule has 0 atom stereocenters. The van der Waals surface area contributed by atoms with Crippen LogP contribution in [0.1, 0.15) is 17.3 Å². The highest BCUT2D eigenvalue weighted by atomic mass is 35.5. The van der Waals surface area contributed by atoms with Gasteiger partial charge < -0.3 is 10.1 Å². The molecule has 2 aromatic rings. The lowest BCUT2D eigenvalue weighted by Crippen LogP contribution is -2.12. The van der Waals surface area contributed by atoms with Gasteiger partial charge in [-0.05, 0) is 43.3 Å². The molecule has 23 heavy (non-hydrogen) atoms. The Bertz CT molecular complexity index is 717. The molecule has 0 aliphatic rings. The van der Waals surface area contributed by atoms with Gasteiger partial charge in [0.2, 0.25) is 0 Å². The van der Waals surface area contributed by atoms with Crippen molar-refractivity contribution >= 4 is 28.8 Å². The van der Waals surface area contributed by atoms with E-state index in [4.69, 9.17) is 16.3 Å². The van der Waals surface area contributed by atoms with Crippen molar-refractivity contribution in [2.75, 3.05) is 18.5 Å². The number of nitro benzene ring substituents is 1. The second-order valence-corrected chi connectivity index (χ2v) is 5.21. The first-order chi connectivity index (χ1) is 11.0. The van der Waals surface area contributed by atoms with Crippen LogP contribution in [0, 0.1) is 10.1 Å². The highest BCUT2D eigenvalue weighted by molar-refractivity contribution is 6.30. The molecule has 0 bridgehead atoms. The number of hydrogen-bond donors (Lipinski definition) is 1. The number of Topliss-reactive ketones (excluding diaryl/α,β-unsaturated/α-hetero) is 1. The third-order valence-corrected chi connectivity index (χ3v) is 3.35. The Hall–Kier alpha value is -2.60. The summed E-state index contributed by atoms with van der Waals surface area (Å²) in [5, 5.41) is 14.7. The molecular formula is C16H15ClN2O4. The number of ketones is 1. The van der Waals surface area contributed by atoms with Gasteiger partial charge in [-0.1, -0.05) is 11.6 Å². The first kappa shape index (κ1) is 16.8. The number of ether oxygens (including phenoxy) is 1. The molecule has 0 aliphatic carbocycles. The molecule has 0 saturated heterocycles. The topological polar surface area (TPSA) is 81.5 Å². The minimum absolute atomic E-state index is 0.135. The van der Waals surface area contributed by atoms with Gasteiger partial charge >= 0.3 is 0 Å². The molecule has 0 aliphatic heterocycles. The third-order valence-electron chi connectivity index (χ3n) is 3.10. The van der Waals surface area contributed by atoms with Crippen LogP contribution < -0.4 is 10.1 Å². The van der Waals surface area contributed by atoms with Gasteiger partial charge in [0.05, 0.1) is 4.92 Å². The largest absolute Gasteiger partial charge is 0.492 e. The third kappa shape index (κ3) is 4.69. The smallest absolute Gasteiger partial charge is 0.293 e. The maximum atomic E-state index is 11.3. The molecule has 6 nitrogen and oxygen atoms in total. The molecular weight excluding hydrogens is 320 g/mol. The van der Waals surface area contributed by atoms with Crippen LogP contribution in [0.15, 0.2) is 42.5 Å². The number of anilines is 1. The number of nitrogens with one attached hydrogen (secondary N) is 1. The lowest BCUT2D eigenvalue weighted by molar-refractivity contribution is -0.384. The molecule has 0 unspecified atom stereocenters. The molecule has 7 heteroatoms. The maximum Gasteiger partial charge on any atom is 0.293 e. The van der Waals surface area contributed by atoms with E-state index in [0.29, 0.717) is 35.2 Å². The average Bonchev–Trinajstić information content (AvgIpc) is 2.53. The Balaban J connectivity index is 1.96. The lowest BCUT2D eigenvalue weighted by Gasteiger charge is -2.09. The lowest BCUT2D eigenvalue weighted by atomic mass is 10.1. The Kier molecular flexibility index (Phi) is 5.54. The predicted molar refractivity (Wildman–Crippen MR) is 88.5 cm³/mol. The van der Waals surface area contributed by atoms with Crippen molar-refractivity contribution in [2.24, 2.45) is 0 Å². The fraction of sp³-hybridized carbons (Fsp3) is 0.188. The second-order valence-electron chi connectivity index (χ2n) is 4.77. The summed E-state index contributed by atoms with van der Waals surface area (Å²) in [7, 11) is 0. The van der Waals surface area contributed by atoms with Crippen molar-refractivity contribution in [3.05, 3.63) is 63.2 Å². The van der Waals surface area contributed by atoms with Gasteiger partial charge in [0.15, 0.2) is 5.78 Å². The summed E-state index contributed by atoms with van der Waals surface area (Å²) < 4.78 is 5.50. The van der Waals surface area contributed by atoms with Crippen LogP contribution in [0.25, 0.3) is 0 Å². The predicted octanol–water partition coefficient (Wildman–Crippen LogP) is 3.94. The summed E-state index contributed by atoms with van der Waals surface area (Å²) in [5.41, 5.74) is 0.517.